The molecule has 16 heavy (non-hydrogen) atoms. The standard InChI is InChI=1S/C10H13IN4O/c1-7(2)12-4-9-6-16-10(14-9)15-5-8(11)3-13-15/h3,5-7,12H,4H2,1-2H3. The Morgan fingerprint density at radius 1 is 1.56 bits per heavy atom. The number of hydrogen-bond acceptors (Lipinski definition) is 4. The van der Waals surface area contributed by atoms with E-state index in [4.69, 9.17) is 4.42 Å². The van der Waals surface area contributed by atoms with Crippen LogP contribution in [0, 0.1) is 3.57 Å². The maximum Gasteiger partial charge on any atom is 0.322 e. The van der Waals surface area contributed by atoms with Gasteiger partial charge in [0.15, 0.2) is 0 Å². The summed E-state index contributed by atoms with van der Waals surface area (Å²) in [6.45, 7) is 4.90. The van der Waals surface area contributed by atoms with Crippen molar-refractivity contribution < 1.29 is 4.42 Å². The van der Waals surface area contributed by atoms with Crippen molar-refractivity contribution in [1.82, 2.24) is 20.1 Å². The number of nitrogens with zero attached hydrogens (tertiary/aromatic N) is 3. The first kappa shape index (κ1) is 11.6. The van der Waals surface area contributed by atoms with Gasteiger partial charge in [-0.15, -0.1) is 0 Å². The van der Waals surface area contributed by atoms with Gasteiger partial charge in [0.05, 0.1) is 15.5 Å². The molecule has 0 saturated heterocycles. The molecule has 0 spiro atoms. The molecule has 0 bridgehead atoms. The molecule has 0 fully saturated rings. The Morgan fingerprint density at radius 2 is 2.38 bits per heavy atom. The summed E-state index contributed by atoms with van der Waals surface area (Å²) < 4.78 is 8.02. The van der Waals surface area contributed by atoms with Gasteiger partial charge < -0.3 is 9.73 Å². The van der Waals surface area contributed by atoms with Crippen molar-refractivity contribution in [1.29, 1.82) is 0 Å². The van der Waals surface area contributed by atoms with Crippen molar-refractivity contribution in [3.63, 3.8) is 0 Å². The van der Waals surface area contributed by atoms with Gasteiger partial charge >= 0.3 is 6.01 Å². The first-order valence-corrected chi connectivity index (χ1v) is 6.11. The number of rotatable bonds is 4. The summed E-state index contributed by atoms with van der Waals surface area (Å²) in [6, 6.07) is 0.939. The van der Waals surface area contributed by atoms with Crippen molar-refractivity contribution in [2.75, 3.05) is 0 Å². The lowest BCUT2D eigenvalue weighted by Gasteiger charge is -2.03. The predicted octanol–water partition coefficient (Wildman–Crippen LogP) is 1.96. The molecule has 0 aliphatic heterocycles. The van der Waals surface area contributed by atoms with Gasteiger partial charge in [0.2, 0.25) is 0 Å². The topological polar surface area (TPSA) is 55.9 Å². The van der Waals surface area contributed by atoms with Crippen molar-refractivity contribution >= 4 is 22.6 Å². The van der Waals surface area contributed by atoms with Crippen LogP contribution >= 0.6 is 22.6 Å². The summed E-state index contributed by atoms with van der Waals surface area (Å²) in [4.78, 5) is 4.33. The first-order valence-electron chi connectivity index (χ1n) is 5.03. The van der Waals surface area contributed by atoms with Gasteiger partial charge in [-0.1, -0.05) is 13.8 Å². The van der Waals surface area contributed by atoms with Gasteiger partial charge in [-0.2, -0.15) is 14.8 Å². The van der Waals surface area contributed by atoms with E-state index in [0.29, 0.717) is 18.6 Å². The summed E-state index contributed by atoms with van der Waals surface area (Å²) in [6.07, 6.45) is 5.28. The minimum Gasteiger partial charge on any atom is -0.430 e. The van der Waals surface area contributed by atoms with E-state index in [1.807, 2.05) is 6.20 Å². The van der Waals surface area contributed by atoms with E-state index in [-0.39, 0.29) is 0 Å². The highest BCUT2D eigenvalue weighted by atomic mass is 127. The highest BCUT2D eigenvalue weighted by Gasteiger charge is 2.07. The van der Waals surface area contributed by atoms with E-state index in [2.05, 4.69) is 51.8 Å². The molecule has 2 heterocycles. The molecule has 86 valence electrons. The Labute approximate surface area is 107 Å². The zero-order chi connectivity index (χ0) is 11.5. The summed E-state index contributed by atoms with van der Waals surface area (Å²) in [5.74, 6) is 0. The van der Waals surface area contributed by atoms with Crippen LogP contribution in [0.5, 0.6) is 0 Å². The second kappa shape index (κ2) is 4.96. The normalized spacial score (nSPS) is 11.2. The third kappa shape index (κ3) is 2.82. The molecule has 2 aromatic rings. The smallest absolute Gasteiger partial charge is 0.322 e. The van der Waals surface area contributed by atoms with Crippen molar-refractivity contribution in [2.45, 2.75) is 26.4 Å². The highest BCUT2D eigenvalue weighted by Crippen LogP contribution is 2.09. The van der Waals surface area contributed by atoms with Gasteiger partial charge in [0.25, 0.3) is 0 Å². The molecule has 0 saturated carbocycles. The SMILES string of the molecule is CC(C)NCc1coc(-n2cc(I)cn2)n1. The van der Waals surface area contributed by atoms with Crippen molar-refractivity contribution in [2.24, 2.45) is 0 Å². The van der Waals surface area contributed by atoms with E-state index in [1.165, 1.54) is 0 Å². The molecule has 0 aliphatic carbocycles. The Balaban J connectivity index is 2.07. The molecule has 0 atom stereocenters. The number of nitrogens with one attached hydrogen (secondary N) is 1. The lowest BCUT2D eigenvalue weighted by atomic mass is 10.4. The summed E-state index contributed by atoms with van der Waals surface area (Å²) >= 11 is 2.19. The molecule has 0 amide bonds. The monoisotopic (exact) mass is 332 g/mol. The fraction of sp³-hybridized carbons (Fsp3) is 0.400. The number of oxazole rings is 1. The van der Waals surface area contributed by atoms with Gasteiger partial charge in [-0.3, -0.25) is 0 Å². The molecule has 5 nitrogen and oxygen atoms in total. The molecular formula is C10H13IN4O. The van der Waals surface area contributed by atoms with E-state index in [1.54, 1.807) is 17.1 Å². The Morgan fingerprint density at radius 3 is 3.00 bits per heavy atom. The van der Waals surface area contributed by atoms with Crippen LogP contribution in [0.25, 0.3) is 6.01 Å². The molecule has 1 N–H and O–H groups in total. The van der Waals surface area contributed by atoms with E-state index in [9.17, 15) is 0 Å². The quantitative estimate of drug-likeness (QED) is 0.870. The molecule has 0 unspecified atom stereocenters. The Bertz CT molecular complexity index is 463. The second-order valence-corrected chi connectivity index (χ2v) is 5.01. The average molecular weight is 332 g/mol. The van der Waals surface area contributed by atoms with Crippen molar-refractivity contribution in [3.05, 3.63) is 27.9 Å². The molecule has 2 rings (SSSR count). The molecule has 0 aliphatic rings. The fourth-order valence-corrected chi connectivity index (χ4v) is 1.59. The minimum atomic E-state index is 0.436. The van der Waals surface area contributed by atoms with E-state index >= 15 is 0 Å². The third-order valence-corrected chi connectivity index (χ3v) is 2.54. The third-order valence-electron chi connectivity index (χ3n) is 1.98. The summed E-state index contributed by atoms with van der Waals surface area (Å²) in [5, 5.41) is 7.41. The second-order valence-electron chi connectivity index (χ2n) is 3.76. The lowest BCUT2D eigenvalue weighted by Crippen LogP contribution is -2.21. The van der Waals surface area contributed by atoms with Gasteiger partial charge in [-0.25, -0.2) is 0 Å². The van der Waals surface area contributed by atoms with Crippen LogP contribution in [-0.2, 0) is 6.54 Å². The summed E-state index contributed by atoms with van der Waals surface area (Å²) in [7, 11) is 0. The fourth-order valence-electron chi connectivity index (χ4n) is 1.20. The largest absolute Gasteiger partial charge is 0.430 e. The van der Waals surface area contributed by atoms with Crippen LogP contribution in [0.15, 0.2) is 23.1 Å². The van der Waals surface area contributed by atoms with Crippen LogP contribution in [0.4, 0.5) is 0 Å². The maximum atomic E-state index is 5.34. The first-order chi connectivity index (χ1) is 7.65. The number of aromatic nitrogens is 3. The number of hydrogen-bond donors (Lipinski definition) is 1. The molecule has 0 aromatic carbocycles. The van der Waals surface area contributed by atoms with Crippen molar-refractivity contribution in [3.8, 4) is 6.01 Å². The van der Waals surface area contributed by atoms with Crippen LogP contribution in [0.2, 0.25) is 0 Å². The van der Waals surface area contributed by atoms with Crippen LogP contribution in [-0.4, -0.2) is 20.8 Å². The van der Waals surface area contributed by atoms with Gasteiger partial charge in [0.1, 0.15) is 6.26 Å². The van der Waals surface area contributed by atoms with E-state index < -0.39 is 0 Å². The predicted molar refractivity (Wildman–Crippen MR) is 68.3 cm³/mol. The Kier molecular flexibility index (Phi) is 3.59. The number of halogens is 1. The highest BCUT2D eigenvalue weighted by molar-refractivity contribution is 14.1. The molecule has 6 heteroatoms. The van der Waals surface area contributed by atoms with E-state index in [0.717, 1.165) is 9.26 Å². The molecule has 2 aromatic heterocycles. The lowest BCUT2D eigenvalue weighted by molar-refractivity contribution is 0.508. The van der Waals surface area contributed by atoms with Crippen LogP contribution in [0.3, 0.4) is 0 Å². The average Bonchev–Trinajstić information content (AvgIpc) is 2.83. The zero-order valence-corrected chi connectivity index (χ0v) is 11.3. The van der Waals surface area contributed by atoms with Crippen LogP contribution < -0.4 is 5.32 Å². The molecular weight excluding hydrogens is 319 g/mol. The zero-order valence-electron chi connectivity index (χ0n) is 9.14. The maximum absolute atomic E-state index is 5.34. The van der Waals surface area contributed by atoms with Gasteiger partial charge in [-0.05, 0) is 22.6 Å². The van der Waals surface area contributed by atoms with Crippen LogP contribution in [0.1, 0.15) is 19.5 Å². The summed E-state index contributed by atoms with van der Waals surface area (Å²) in [5.41, 5.74) is 0.884. The molecule has 0 radical (unpaired) electrons. The Hall–Kier alpha value is -0.890. The minimum absolute atomic E-state index is 0.436. The van der Waals surface area contributed by atoms with Gasteiger partial charge in [0, 0.05) is 18.8 Å².